The average molecular weight is 232 g/mol. The minimum absolute atomic E-state index is 0.393. The molecular formula is C12H16N4O. The highest BCUT2D eigenvalue weighted by atomic mass is 16.4. The molecule has 0 radical (unpaired) electrons. The minimum Gasteiger partial charge on any atom is -0.432 e. The molecule has 0 fully saturated rings. The monoisotopic (exact) mass is 232 g/mol. The first kappa shape index (κ1) is 11.6. The van der Waals surface area contributed by atoms with E-state index in [0.717, 1.165) is 17.9 Å². The Bertz CT molecular complexity index is 455. The van der Waals surface area contributed by atoms with E-state index < -0.39 is 0 Å². The van der Waals surface area contributed by atoms with Crippen LogP contribution in [0.2, 0.25) is 0 Å². The van der Waals surface area contributed by atoms with Gasteiger partial charge < -0.3 is 15.1 Å². The van der Waals surface area contributed by atoms with Gasteiger partial charge in [0.25, 0.3) is 6.01 Å². The lowest BCUT2D eigenvalue weighted by molar-refractivity contribution is 0.533. The highest BCUT2D eigenvalue weighted by molar-refractivity contribution is 5.28. The molecule has 0 atom stereocenters. The molecule has 0 aliphatic heterocycles. The van der Waals surface area contributed by atoms with Gasteiger partial charge in [0.15, 0.2) is 0 Å². The van der Waals surface area contributed by atoms with Crippen LogP contribution in [0.5, 0.6) is 0 Å². The van der Waals surface area contributed by atoms with E-state index in [1.165, 1.54) is 0 Å². The van der Waals surface area contributed by atoms with Crippen LogP contribution in [-0.4, -0.2) is 16.5 Å². The third-order valence-electron chi connectivity index (χ3n) is 2.48. The summed E-state index contributed by atoms with van der Waals surface area (Å²) < 4.78 is 5.39. The Labute approximate surface area is 100 Å². The fourth-order valence-corrected chi connectivity index (χ4v) is 1.54. The van der Waals surface area contributed by atoms with Gasteiger partial charge in [-0.2, -0.15) is 4.98 Å². The zero-order chi connectivity index (χ0) is 12.1. The fourth-order valence-electron chi connectivity index (χ4n) is 1.54. The van der Waals surface area contributed by atoms with Crippen molar-refractivity contribution >= 4 is 6.01 Å². The van der Waals surface area contributed by atoms with Gasteiger partial charge >= 0.3 is 0 Å². The van der Waals surface area contributed by atoms with E-state index in [0.29, 0.717) is 19.1 Å². The van der Waals surface area contributed by atoms with Crippen LogP contribution < -0.4 is 10.6 Å². The Balaban J connectivity index is 2.11. The summed E-state index contributed by atoms with van der Waals surface area (Å²) >= 11 is 0. The summed E-state index contributed by atoms with van der Waals surface area (Å²) in [7, 11) is 0. The molecule has 5 nitrogen and oxygen atoms in total. The number of aromatic nitrogens is 2. The third kappa shape index (κ3) is 2.82. The molecule has 17 heavy (non-hydrogen) atoms. The zero-order valence-corrected chi connectivity index (χ0v) is 9.84. The molecule has 0 saturated carbocycles. The Morgan fingerprint density at radius 1 is 1.35 bits per heavy atom. The summed E-state index contributed by atoms with van der Waals surface area (Å²) in [6, 6.07) is 6.45. The largest absolute Gasteiger partial charge is 0.432 e. The highest BCUT2D eigenvalue weighted by Gasteiger charge is 2.11. The van der Waals surface area contributed by atoms with Crippen LogP contribution in [-0.2, 0) is 13.1 Å². The second-order valence-electron chi connectivity index (χ2n) is 3.66. The van der Waals surface area contributed by atoms with Gasteiger partial charge in [0.05, 0.1) is 17.9 Å². The van der Waals surface area contributed by atoms with Gasteiger partial charge in [-0.25, -0.2) is 0 Å². The van der Waals surface area contributed by atoms with Crippen LogP contribution in [0.1, 0.15) is 18.3 Å². The maximum Gasteiger partial charge on any atom is 0.297 e. The first-order chi connectivity index (χ1) is 8.33. The molecule has 0 saturated heterocycles. The van der Waals surface area contributed by atoms with E-state index in [2.05, 4.69) is 16.9 Å². The summed E-state index contributed by atoms with van der Waals surface area (Å²) in [4.78, 5) is 10.6. The van der Waals surface area contributed by atoms with Crippen molar-refractivity contribution in [1.82, 2.24) is 9.97 Å². The number of rotatable bonds is 5. The van der Waals surface area contributed by atoms with Crippen molar-refractivity contribution in [1.29, 1.82) is 0 Å². The van der Waals surface area contributed by atoms with Crippen molar-refractivity contribution in [3.63, 3.8) is 0 Å². The number of nitrogens with two attached hydrogens (primary N) is 1. The third-order valence-corrected chi connectivity index (χ3v) is 2.48. The average Bonchev–Trinajstić information content (AvgIpc) is 2.86. The molecule has 0 unspecified atom stereocenters. The van der Waals surface area contributed by atoms with Gasteiger partial charge in [-0.05, 0) is 19.1 Å². The second-order valence-corrected chi connectivity index (χ2v) is 3.66. The smallest absolute Gasteiger partial charge is 0.297 e. The van der Waals surface area contributed by atoms with Crippen molar-refractivity contribution < 1.29 is 4.42 Å². The van der Waals surface area contributed by atoms with E-state index >= 15 is 0 Å². The Morgan fingerprint density at radius 3 is 2.82 bits per heavy atom. The van der Waals surface area contributed by atoms with Gasteiger partial charge in [-0.15, -0.1) is 0 Å². The number of oxazole rings is 1. The molecule has 0 amide bonds. The van der Waals surface area contributed by atoms with Gasteiger partial charge in [0.1, 0.15) is 6.26 Å². The Morgan fingerprint density at radius 2 is 2.24 bits per heavy atom. The van der Waals surface area contributed by atoms with Crippen LogP contribution in [0.3, 0.4) is 0 Å². The first-order valence-electron chi connectivity index (χ1n) is 5.62. The van der Waals surface area contributed by atoms with Crippen LogP contribution in [0.4, 0.5) is 6.01 Å². The minimum atomic E-state index is 0.393. The molecular weight excluding hydrogens is 216 g/mol. The molecule has 2 N–H and O–H groups in total. The highest BCUT2D eigenvalue weighted by Crippen LogP contribution is 2.15. The molecule has 0 spiro atoms. The van der Waals surface area contributed by atoms with Crippen molar-refractivity contribution in [2.24, 2.45) is 5.73 Å². The quantitative estimate of drug-likeness (QED) is 0.847. The number of anilines is 1. The summed E-state index contributed by atoms with van der Waals surface area (Å²) in [6.45, 7) is 3.93. The van der Waals surface area contributed by atoms with Gasteiger partial charge in [0, 0.05) is 19.3 Å². The second kappa shape index (κ2) is 5.45. The maximum atomic E-state index is 5.50. The molecule has 0 aliphatic carbocycles. The molecule has 90 valence electrons. The molecule has 0 bridgehead atoms. The molecule has 2 rings (SSSR count). The Kier molecular flexibility index (Phi) is 3.72. The summed E-state index contributed by atoms with van der Waals surface area (Å²) in [5, 5.41) is 0. The number of pyridine rings is 1. The van der Waals surface area contributed by atoms with Gasteiger partial charge in [0.2, 0.25) is 0 Å². The lowest BCUT2D eigenvalue weighted by Gasteiger charge is -2.17. The van der Waals surface area contributed by atoms with Crippen molar-refractivity contribution in [3.8, 4) is 0 Å². The van der Waals surface area contributed by atoms with Crippen molar-refractivity contribution in [2.75, 3.05) is 11.4 Å². The zero-order valence-electron chi connectivity index (χ0n) is 9.84. The Hall–Kier alpha value is -1.88. The lowest BCUT2D eigenvalue weighted by Crippen LogP contribution is -2.23. The topological polar surface area (TPSA) is 68.2 Å². The number of hydrogen-bond acceptors (Lipinski definition) is 5. The van der Waals surface area contributed by atoms with Crippen molar-refractivity contribution in [3.05, 3.63) is 42.0 Å². The molecule has 0 aromatic carbocycles. The van der Waals surface area contributed by atoms with E-state index in [-0.39, 0.29) is 0 Å². The normalized spacial score (nSPS) is 10.5. The number of hydrogen-bond donors (Lipinski definition) is 1. The molecule has 2 heterocycles. The summed E-state index contributed by atoms with van der Waals surface area (Å²) in [5.74, 6) is 0. The van der Waals surface area contributed by atoms with Gasteiger partial charge in [-0.1, -0.05) is 6.07 Å². The standard InChI is InChI=1S/C12H16N4O/c1-2-16(8-10-5-3-4-6-14-10)12-15-11(7-13)9-17-12/h3-6,9H,2,7-8,13H2,1H3. The molecule has 5 heteroatoms. The van der Waals surface area contributed by atoms with E-state index in [1.807, 2.05) is 23.1 Å². The van der Waals surface area contributed by atoms with E-state index in [4.69, 9.17) is 10.2 Å². The van der Waals surface area contributed by atoms with E-state index in [9.17, 15) is 0 Å². The van der Waals surface area contributed by atoms with E-state index in [1.54, 1.807) is 12.5 Å². The van der Waals surface area contributed by atoms with Crippen molar-refractivity contribution in [2.45, 2.75) is 20.0 Å². The fraction of sp³-hybridized carbons (Fsp3) is 0.333. The maximum absolute atomic E-state index is 5.50. The summed E-state index contributed by atoms with van der Waals surface area (Å²) in [6.07, 6.45) is 3.38. The van der Waals surface area contributed by atoms with Gasteiger partial charge in [-0.3, -0.25) is 4.98 Å². The molecule has 2 aromatic heterocycles. The van der Waals surface area contributed by atoms with Crippen LogP contribution in [0, 0.1) is 0 Å². The van der Waals surface area contributed by atoms with Crippen LogP contribution >= 0.6 is 0 Å². The van der Waals surface area contributed by atoms with Crippen LogP contribution in [0.15, 0.2) is 35.1 Å². The van der Waals surface area contributed by atoms with Crippen LogP contribution in [0.25, 0.3) is 0 Å². The molecule has 2 aromatic rings. The predicted octanol–water partition coefficient (Wildman–Crippen LogP) is 1.55. The SMILES string of the molecule is CCN(Cc1ccccn1)c1nc(CN)co1. The first-order valence-corrected chi connectivity index (χ1v) is 5.62. The predicted molar refractivity (Wildman–Crippen MR) is 65.4 cm³/mol. The lowest BCUT2D eigenvalue weighted by atomic mass is 10.3. The summed E-state index contributed by atoms with van der Waals surface area (Å²) in [5.41, 5.74) is 7.26. The number of nitrogens with zero attached hydrogens (tertiary/aromatic N) is 3. The molecule has 0 aliphatic rings.